The molecule has 0 saturated heterocycles. The van der Waals surface area contributed by atoms with Gasteiger partial charge in [-0.25, -0.2) is 9.59 Å². The number of ketones is 1. The molecule has 11 heteroatoms. The first-order valence-electron chi connectivity index (χ1n) is 12.0. The van der Waals surface area contributed by atoms with E-state index in [4.69, 9.17) is 24.7 Å². The average Bonchev–Trinajstić information content (AvgIpc) is 3.14. The van der Waals surface area contributed by atoms with Crippen LogP contribution in [0.1, 0.15) is 69.9 Å². The van der Waals surface area contributed by atoms with Gasteiger partial charge in [0.15, 0.2) is 12.4 Å². The lowest BCUT2D eigenvalue weighted by Gasteiger charge is -2.21. The minimum Gasteiger partial charge on any atom is -0.493 e. The molecule has 1 aliphatic heterocycles. The van der Waals surface area contributed by atoms with Gasteiger partial charge in [0.25, 0.3) is 5.91 Å². The van der Waals surface area contributed by atoms with Crippen LogP contribution in [0.5, 0.6) is 11.5 Å². The van der Waals surface area contributed by atoms with Crippen molar-refractivity contribution in [1.82, 2.24) is 10.2 Å². The highest BCUT2D eigenvalue weighted by atomic mass is 16.6. The summed E-state index contributed by atoms with van der Waals surface area (Å²) in [6.07, 6.45) is 0. The van der Waals surface area contributed by atoms with E-state index in [1.54, 1.807) is 44.7 Å². The first kappa shape index (κ1) is 28.2. The smallest absolute Gasteiger partial charge is 0.342 e. The van der Waals surface area contributed by atoms with Crippen LogP contribution in [0, 0.1) is 5.41 Å². The van der Waals surface area contributed by atoms with Crippen LogP contribution in [0.3, 0.4) is 0 Å². The molecular formula is C27H31N3O8. The minimum atomic E-state index is -1.22. The van der Waals surface area contributed by atoms with Gasteiger partial charge in [0.1, 0.15) is 28.5 Å². The fourth-order valence-electron chi connectivity index (χ4n) is 3.88. The van der Waals surface area contributed by atoms with Crippen molar-refractivity contribution in [3.05, 3.63) is 58.1 Å². The molecule has 2 aromatic rings. The number of hydrogen-bond acceptors (Lipinski definition) is 8. The Morgan fingerprint density at radius 1 is 1.05 bits per heavy atom. The molecule has 1 heterocycles. The summed E-state index contributed by atoms with van der Waals surface area (Å²) in [5.74, 6) is -2.27. The highest BCUT2D eigenvalue weighted by molar-refractivity contribution is 6.08. The van der Waals surface area contributed by atoms with E-state index in [2.05, 4.69) is 5.32 Å². The molecule has 0 fully saturated rings. The molecule has 3 N–H and O–H groups in total. The number of esters is 1. The Labute approximate surface area is 220 Å². The Kier molecular flexibility index (Phi) is 8.39. The van der Waals surface area contributed by atoms with E-state index in [1.165, 1.54) is 25.2 Å². The number of amidine groups is 1. The van der Waals surface area contributed by atoms with Gasteiger partial charge < -0.3 is 29.5 Å². The standard InChI is InChI=1S/C27H31N3O8/c1-6-36-22-10-16-12-30(24(28)17(16)11-18(22)25(34)29-5)13-20(31)15-7-8-21(37-14-23(32)33)19(9-15)26(35)38-27(2,3)4/h7-11,28H,6,12-14H2,1-5H3,(H,29,34)(H,32,33). The fourth-order valence-corrected chi connectivity index (χ4v) is 3.88. The lowest BCUT2D eigenvalue weighted by atomic mass is 10.0. The molecule has 0 saturated carbocycles. The van der Waals surface area contributed by atoms with Gasteiger partial charge in [-0.3, -0.25) is 15.0 Å². The zero-order chi connectivity index (χ0) is 28.2. The van der Waals surface area contributed by atoms with E-state index < -0.39 is 24.1 Å². The van der Waals surface area contributed by atoms with Crippen molar-refractivity contribution in [1.29, 1.82) is 5.41 Å². The Bertz CT molecular complexity index is 1300. The number of carbonyl (C=O) groups excluding carboxylic acids is 3. The van der Waals surface area contributed by atoms with Crippen molar-refractivity contribution in [2.24, 2.45) is 0 Å². The van der Waals surface area contributed by atoms with Crippen LogP contribution >= 0.6 is 0 Å². The van der Waals surface area contributed by atoms with Crippen molar-refractivity contribution in [3.63, 3.8) is 0 Å². The van der Waals surface area contributed by atoms with Crippen LogP contribution in [0.15, 0.2) is 30.3 Å². The average molecular weight is 526 g/mol. The lowest BCUT2D eigenvalue weighted by molar-refractivity contribution is -0.139. The number of nitrogens with zero attached hydrogens (tertiary/aromatic N) is 1. The summed E-state index contributed by atoms with van der Waals surface area (Å²) in [6, 6.07) is 7.37. The summed E-state index contributed by atoms with van der Waals surface area (Å²) in [6.45, 7) is 6.62. The van der Waals surface area contributed by atoms with Crippen LogP contribution in [0.2, 0.25) is 0 Å². The molecule has 0 spiro atoms. The maximum Gasteiger partial charge on any atom is 0.342 e. The van der Waals surface area contributed by atoms with Gasteiger partial charge in [-0.2, -0.15) is 0 Å². The molecule has 1 amide bonds. The van der Waals surface area contributed by atoms with Gasteiger partial charge in [0.2, 0.25) is 0 Å². The first-order valence-corrected chi connectivity index (χ1v) is 12.0. The van der Waals surface area contributed by atoms with Gasteiger partial charge in [-0.15, -0.1) is 0 Å². The molecule has 1 aliphatic rings. The third-order valence-corrected chi connectivity index (χ3v) is 5.52. The third-order valence-electron chi connectivity index (χ3n) is 5.52. The summed E-state index contributed by atoms with van der Waals surface area (Å²) in [7, 11) is 1.51. The van der Waals surface area contributed by atoms with Crippen molar-refractivity contribution in [2.45, 2.75) is 39.8 Å². The molecule has 0 atom stereocenters. The van der Waals surface area contributed by atoms with Crippen LogP contribution < -0.4 is 14.8 Å². The van der Waals surface area contributed by atoms with Crippen molar-refractivity contribution < 1.29 is 38.5 Å². The second kappa shape index (κ2) is 11.3. The number of amides is 1. The summed E-state index contributed by atoms with van der Waals surface area (Å²) >= 11 is 0. The number of nitrogens with one attached hydrogen (secondary N) is 2. The highest BCUT2D eigenvalue weighted by Crippen LogP contribution is 2.31. The molecule has 0 radical (unpaired) electrons. The normalized spacial score (nSPS) is 12.6. The molecule has 202 valence electrons. The maximum absolute atomic E-state index is 13.2. The summed E-state index contributed by atoms with van der Waals surface area (Å²) in [5.41, 5.74) is 0.815. The molecule has 0 bridgehead atoms. The molecule has 2 aromatic carbocycles. The van der Waals surface area contributed by atoms with E-state index in [1.807, 2.05) is 0 Å². The van der Waals surface area contributed by atoms with Crippen molar-refractivity contribution in [2.75, 3.05) is 26.8 Å². The van der Waals surface area contributed by atoms with Gasteiger partial charge >= 0.3 is 11.9 Å². The molecule has 3 rings (SSSR count). The SMILES string of the molecule is CCOc1cc2c(cc1C(=O)NC)C(=N)N(CC(=O)c1ccc(OCC(=O)O)c(C(=O)OC(C)(C)C)c1)C2. The lowest BCUT2D eigenvalue weighted by Crippen LogP contribution is -2.30. The van der Waals surface area contributed by atoms with Crippen molar-refractivity contribution in [3.8, 4) is 11.5 Å². The number of benzene rings is 2. The quantitative estimate of drug-likeness (QED) is 0.314. The Morgan fingerprint density at radius 3 is 2.37 bits per heavy atom. The number of fused-ring (bicyclic) bond motifs is 1. The molecule has 0 aromatic heterocycles. The minimum absolute atomic E-state index is 0.0234. The van der Waals surface area contributed by atoms with Crippen LogP contribution in [-0.4, -0.2) is 71.9 Å². The predicted octanol–water partition coefficient (Wildman–Crippen LogP) is 2.89. The number of aliphatic carboxylic acids is 1. The molecule has 38 heavy (non-hydrogen) atoms. The van der Waals surface area contributed by atoms with Crippen LogP contribution in [0.25, 0.3) is 0 Å². The third kappa shape index (κ3) is 6.47. The molecule has 0 unspecified atom stereocenters. The predicted molar refractivity (Wildman–Crippen MR) is 137 cm³/mol. The van der Waals surface area contributed by atoms with E-state index in [0.29, 0.717) is 23.5 Å². The Morgan fingerprint density at radius 2 is 1.76 bits per heavy atom. The van der Waals surface area contributed by atoms with Gasteiger partial charge in [-0.05, 0) is 63.6 Å². The molecule has 0 aliphatic carbocycles. The number of hydrogen-bond donors (Lipinski definition) is 3. The zero-order valence-corrected chi connectivity index (χ0v) is 22.0. The Balaban J connectivity index is 1.86. The monoisotopic (exact) mass is 525 g/mol. The fraction of sp³-hybridized carbons (Fsp3) is 0.370. The topological polar surface area (TPSA) is 155 Å². The molecular weight excluding hydrogens is 494 g/mol. The summed E-state index contributed by atoms with van der Waals surface area (Å²) in [5, 5.41) is 20.1. The largest absolute Gasteiger partial charge is 0.493 e. The van der Waals surface area contributed by atoms with E-state index in [-0.39, 0.29) is 47.5 Å². The van der Waals surface area contributed by atoms with Gasteiger partial charge in [0.05, 0.1) is 18.7 Å². The van der Waals surface area contributed by atoms with E-state index in [9.17, 15) is 19.2 Å². The van der Waals surface area contributed by atoms with Gasteiger partial charge in [-0.1, -0.05) is 0 Å². The summed E-state index contributed by atoms with van der Waals surface area (Å²) in [4.78, 5) is 50.9. The van der Waals surface area contributed by atoms with Crippen LogP contribution in [-0.2, 0) is 16.1 Å². The first-order chi connectivity index (χ1) is 17.8. The second-order valence-electron chi connectivity index (χ2n) is 9.54. The zero-order valence-electron chi connectivity index (χ0n) is 22.0. The maximum atomic E-state index is 13.2. The van der Waals surface area contributed by atoms with E-state index >= 15 is 0 Å². The summed E-state index contributed by atoms with van der Waals surface area (Å²) < 4.78 is 16.2. The number of Topliss-reactive ketones (excluding diaryl/α,β-unsaturated/α-hetero) is 1. The number of rotatable bonds is 10. The Hall–Kier alpha value is -4.41. The van der Waals surface area contributed by atoms with E-state index in [0.717, 1.165) is 5.56 Å². The number of carboxylic acid groups (broad SMARTS) is 1. The highest BCUT2D eigenvalue weighted by Gasteiger charge is 2.30. The number of carbonyl (C=O) groups is 4. The number of carboxylic acids is 1. The van der Waals surface area contributed by atoms with Gasteiger partial charge in [0, 0.05) is 24.7 Å². The second-order valence-corrected chi connectivity index (χ2v) is 9.54. The number of ether oxygens (including phenoxy) is 3. The molecule has 11 nitrogen and oxygen atoms in total. The van der Waals surface area contributed by atoms with Crippen molar-refractivity contribution >= 4 is 29.5 Å². The van der Waals surface area contributed by atoms with Crippen LogP contribution in [0.4, 0.5) is 0 Å².